The number of hydrogen-bond acceptors (Lipinski definition) is 4. The van der Waals surface area contributed by atoms with Gasteiger partial charge in [0.2, 0.25) is 0 Å². The Morgan fingerprint density at radius 1 is 1.62 bits per heavy atom. The molecule has 0 spiro atoms. The molecule has 0 aromatic heterocycles. The van der Waals surface area contributed by atoms with Crippen LogP contribution in [0.15, 0.2) is 4.99 Å². The second-order valence-electron chi connectivity index (χ2n) is 2.93. The predicted octanol–water partition coefficient (Wildman–Crippen LogP) is 1.20. The van der Waals surface area contributed by atoms with Gasteiger partial charge in [0.05, 0.1) is 12.6 Å². The molecule has 1 atom stereocenters. The number of hydrogen-bond donors (Lipinski definition) is 0. The molecule has 0 radical (unpaired) electrons. The first-order valence-electron chi connectivity index (χ1n) is 4.69. The van der Waals surface area contributed by atoms with E-state index in [4.69, 9.17) is 14.2 Å². The average Bonchev–Trinajstić information content (AvgIpc) is 2.54. The molecular formula is C9H17NO3. The van der Waals surface area contributed by atoms with Gasteiger partial charge in [-0.05, 0) is 19.8 Å². The van der Waals surface area contributed by atoms with E-state index in [1.54, 1.807) is 7.11 Å². The highest BCUT2D eigenvalue weighted by Crippen LogP contribution is 2.10. The van der Waals surface area contributed by atoms with Crippen LogP contribution in [0, 0.1) is 0 Å². The highest BCUT2D eigenvalue weighted by molar-refractivity contribution is 5.68. The molecule has 0 aromatic carbocycles. The first-order chi connectivity index (χ1) is 6.36. The highest BCUT2D eigenvalue weighted by atomic mass is 16.7. The van der Waals surface area contributed by atoms with Crippen LogP contribution in [0.1, 0.15) is 19.8 Å². The topological polar surface area (TPSA) is 40.0 Å². The van der Waals surface area contributed by atoms with Gasteiger partial charge in [-0.15, -0.1) is 0 Å². The second kappa shape index (κ2) is 5.80. The molecule has 0 aromatic rings. The van der Waals surface area contributed by atoms with Crippen LogP contribution in [0.2, 0.25) is 0 Å². The van der Waals surface area contributed by atoms with Gasteiger partial charge < -0.3 is 14.2 Å². The Morgan fingerprint density at radius 2 is 2.46 bits per heavy atom. The number of nitrogens with zero attached hydrogens (tertiary/aromatic N) is 1. The van der Waals surface area contributed by atoms with Gasteiger partial charge in [0, 0.05) is 13.7 Å². The van der Waals surface area contributed by atoms with Crippen LogP contribution < -0.4 is 0 Å². The SMILES string of the molecule is CCOC1=N[C@@H](CCCOC)CO1. The molecule has 4 heteroatoms. The van der Waals surface area contributed by atoms with Crippen LogP contribution >= 0.6 is 0 Å². The lowest BCUT2D eigenvalue weighted by Gasteiger charge is -2.02. The van der Waals surface area contributed by atoms with E-state index in [-0.39, 0.29) is 6.04 Å². The summed E-state index contributed by atoms with van der Waals surface area (Å²) in [5.41, 5.74) is 0. The first kappa shape index (κ1) is 10.3. The van der Waals surface area contributed by atoms with Crippen LogP contribution in [0.5, 0.6) is 0 Å². The van der Waals surface area contributed by atoms with Crippen molar-refractivity contribution in [3.8, 4) is 0 Å². The van der Waals surface area contributed by atoms with Gasteiger partial charge in [-0.3, -0.25) is 0 Å². The fourth-order valence-electron chi connectivity index (χ4n) is 1.20. The van der Waals surface area contributed by atoms with Crippen molar-refractivity contribution in [3.05, 3.63) is 0 Å². The maximum Gasteiger partial charge on any atom is 0.383 e. The summed E-state index contributed by atoms with van der Waals surface area (Å²) in [5, 5.41) is 0. The number of rotatable bonds is 5. The smallest absolute Gasteiger partial charge is 0.383 e. The molecule has 1 rings (SSSR count). The number of methoxy groups -OCH3 is 1. The summed E-state index contributed by atoms with van der Waals surface area (Å²) in [6.07, 6.45) is 2.47. The van der Waals surface area contributed by atoms with Crippen LogP contribution in [-0.2, 0) is 14.2 Å². The predicted molar refractivity (Wildman–Crippen MR) is 49.9 cm³/mol. The Labute approximate surface area is 78.9 Å². The van der Waals surface area contributed by atoms with Crippen molar-refractivity contribution < 1.29 is 14.2 Å². The molecule has 0 saturated heterocycles. The zero-order valence-electron chi connectivity index (χ0n) is 8.28. The molecule has 76 valence electrons. The third-order valence-corrected chi connectivity index (χ3v) is 1.84. The Bertz CT molecular complexity index is 170. The minimum atomic E-state index is 0.261. The molecule has 13 heavy (non-hydrogen) atoms. The van der Waals surface area contributed by atoms with Crippen LogP contribution in [0.25, 0.3) is 0 Å². The van der Waals surface area contributed by atoms with Gasteiger partial charge in [0.15, 0.2) is 0 Å². The van der Waals surface area contributed by atoms with Crippen molar-refractivity contribution in [1.29, 1.82) is 0 Å². The third-order valence-electron chi connectivity index (χ3n) is 1.84. The zero-order valence-corrected chi connectivity index (χ0v) is 8.28. The van der Waals surface area contributed by atoms with Crippen LogP contribution in [0.4, 0.5) is 0 Å². The molecule has 1 aliphatic rings. The summed E-state index contributed by atoms with van der Waals surface area (Å²) < 4.78 is 15.3. The number of ether oxygens (including phenoxy) is 3. The molecule has 0 bridgehead atoms. The van der Waals surface area contributed by atoms with Gasteiger partial charge in [0.25, 0.3) is 0 Å². The molecule has 0 fully saturated rings. The molecule has 0 N–H and O–H groups in total. The van der Waals surface area contributed by atoms with Crippen molar-refractivity contribution in [2.75, 3.05) is 26.9 Å². The normalized spacial score (nSPS) is 21.1. The Balaban J connectivity index is 2.15. The summed E-state index contributed by atoms with van der Waals surface area (Å²) >= 11 is 0. The summed E-state index contributed by atoms with van der Waals surface area (Å²) in [6.45, 7) is 3.97. The molecule has 0 aliphatic carbocycles. The zero-order chi connectivity index (χ0) is 9.52. The monoisotopic (exact) mass is 187 g/mol. The average molecular weight is 187 g/mol. The van der Waals surface area contributed by atoms with E-state index < -0.39 is 0 Å². The summed E-state index contributed by atoms with van der Waals surface area (Å²) in [5.74, 6) is 0. The summed E-state index contributed by atoms with van der Waals surface area (Å²) in [4.78, 5) is 4.27. The fourth-order valence-corrected chi connectivity index (χ4v) is 1.20. The van der Waals surface area contributed by atoms with E-state index in [1.807, 2.05) is 6.92 Å². The standard InChI is InChI=1S/C9H17NO3/c1-3-12-9-10-8(7-13-9)5-4-6-11-2/h8H,3-7H2,1-2H3/t8-/m0/s1. The molecular weight excluding hydrogens is 170 g/mol. The van der Waals surface area contributed by atoms with Crippen LogP contribution in [-0.4, -0.2) is 39.1 Å². The quantitative estimate of drug-likeness (QED) is 0.607. The van der Waals surface area contributed by atoms with E-state index in [2.05, 4.69) is 4.99 Å². The van der Waals surface area contributed by atoms with Crippen molar-refractivity contribution in [1.82, 2.24) is 0 Å². The summed E-state index contributed by atoms with van der Waals surface area (Å²) in [6, 6.07) is 0.261. The van der Waals surface area contributed by atoms with Gasteiger partial charge >= 0.3 is 6.08 Å². The minimum absolute atomic E-state index is 0.261. The van der Waals surface area contributed by atoms with Gasteiger partial charge in [-0.25, -0.2) is 4.99 Å². The van der Waals surface area contributed by atoms with E-state index in [0.717, 1.165) is 19.4 Å². The Hall–Kier alpha value is -0.770. The van der Waals surface area contributed by atoms with E-state index >= 15 is 0 Å². The van der Waals surface area contributed by atoms with Gasteiger partial charge in [-0.2, -0.15) is 0 Å². The Morgan fingerprint density at radius 3 is 3.15 bits per heavy atom. The highest BCUT2D eigenvalue weighted by Gasteiger charge is 2.18. The molecule has 1 aliphatic heterocycles. The molecule has 4 nitrogen and oxygen atoms in total. The minimum Gasteiger partial charge on any atom is -0.451 e. The molecule has 0 saturated carbocycles. The second-order valence-corrected chi connectivity index (χ2v) is 2.93. The molecule has 1 heterocycles. The number of aliphatic imine (C=N–C) groups is 1. The summed E-state index contributed by atoms with van der Waals surface area (Å²) in [7, 11) is 1.71. The first-order valence-corrected chi connectivity index (χ1v) is 4.69. The lowest BCUT2D eigenvalue weighted by molar-refractivity contribution is 0.179. The maximum absolute atomic E-state index is 5.22. The van der Waals surface area contributed by atoms with Crippen molar-refractivity contribution in [3.63, 3.8) is 0 Å². The largest absolute Gasteiger partial charge is 0.451 e. The van der Waals surface area contributed by atoms with Gasteiger partial charge in [0.1, 0.15) is 6.61 Å². The maximum atomic E-state index is 5.22. The van der Waals surface area contributed by atoms with E-state index in [9.17, 15) is 0 Å². The van der Waals surface area contributed by atoms with Crippen molar-refractivity contribution in [2.45, 2.75) is 25.8 Å². The van der Waals surface area contributed by atoms with Crippen molar-refractivity contribution in [2.24, 2.45) is 4.99 Å². The van der Waals surface area contributed by atoms with E-state index in [1.165, 1.54) is 0 Å². The lowest BCUT2D eigenvalue weighted by Crippen LogP contribution is -2.07. The fraction of sp³-hybridized carbons (Fsp3) is 0.889. The van der Waals surface area contributed by atoms with Gasteiger partial charge in [-0.1, -0.05) is 0 Å². The lowest BCUT2D eigenvalue weighted by atomic mass is 10.2. The van der Waals surface area contributed by atoms with Crippen LogP contribution in [0.3, 0.4) is 0 Å². The Kier molecular flexibility index (Phi) is 4.60. The van der Waals surface area contributed by atoms with E-state index in [0.29, 0.717) is 19.3 Å². The molecule has 0 unspecified atom stereocenters. The third kappa shape index (κ3) is 3.63. The molecule has 0 amide bonds. The van der Waals surface area contributed by atoms with Crippen molar-refractivity contribution >= 4 is 6.08 Å².